The van der Waals surface area contributed by atoms with E-state index in [1.807, 2.05) is 0 Å². The molecule has 2 aromatic rings. The standard InChI is InChI=1S/C14H14N2O3/c15-9-5-6-16(8-9)14(18)13-7-11(17)10-3-1-2-4-12(10)19-13/h1-4,7,9H,5-6,8,15H2/t9-/m1/s1. The molecular formula is C14H14N2O3. The van der Waals surface area contributed by atoms with Gasteiger partial charge >= 0.3 is 0 Å². The van der Waals surface area contributed by atoms with Crippen LogP contribution in [0.25, 0.3) is 11.0 Å². The van der Waals surface area contributed by atoms with E-state index in [4.69, 9.17) is 10.2 Å². The van der Waals surface area contributed by atoms with Gasteiger partial charge in [-0.15, -0.1) is 0 Å². The zero-order chi connectivity index (χ0) is 13.4. The van der Waals surface area contributed by atoms with E-state index in [2.05, 4.69) is 0 Å². The number of carbonyl (C=O) groups is 1. The van der Waals surface area contributed by atoms with E-state index in [-0.39, 0.29) is 23.1 Å². The van der Waals surface area contributed by atoms with Gasteiger partial charge in [0.05, 0.1) is 5.39 Å². The van der Waals surface area contributed by atoms with Crippen LogP contribution in [-0.2, 0) is 0 Å². The second-order valence-corrected chi connectivity index (χ2v) is 4.77. The number of rotatable bonds is 1. The number of benzene rings is 1. The monoisotopic (exact) mass is 258 g/mol. The van der Waals surface area contributed by atoms with Crippen molar-refractivity contribution >= 4 is 16.9 Å². The van der Waals surface area contributed by atoms with Gasteiger partial charge in [0, 0.05) is 25.2 Å². The van der Waals surface area contributed by atoms with Crippen LogP contribution in [0.15, 0.2) is 39.5 Å². The molecule has 2 N–H and O–H groups in total. The number of nitrogens with two attached hydrogens (primary N) is 1. The topological polar surface area (TPSA) is 76.5 Å². The van der Waals surface area contributed by atoms with Crippen molar-refractivity contribution in [3.05, 3.63) is 46.3 Å². The highest BCUT2D eigenvalue weighted by Crippen LogP contribution is 2.15. The van der Waals surface area contributed by atoms with E-state index >= 15 is 0 Å². The summed E-state index contributed by atoms with van der Waals surface area (Å²) in [6, 6.07) is 8.17. The normalized spacial score (nSPS) is 19.0. The lowest BCUT2D eigenvalue weighted by molar-refractivity contribution is 0.0760. The minimum absolute atomic E-state index is 0.0103. The Morgan fingerprint density at radius 1 is 1.37 bits per heavy atom. The van der Waals surface area contributed by atoms with Crippen LogP contribution in [0, 0.1) is 0 Å². The second-order valence-electron chi connectivity index (χ2n) is 4.77. The first-order valence-corrected chi connectivity index (χ1v) is 6.23. The van der Waals surface area contributed by atoms with Crippen LogP contribution in [0.1, 0.15) is 17.0 Å². The van der Waals surface area contributed by atoms with Gasteiger partial charge in [-0.05, 0) is 18.6 Å². The first-order chi connectivity index (χ1) is 9.15. The van der Waals surface area contributed by atoms with Crippen molar-refractivity contribution in [2.24, 2.45) is 5.73 Å². The van der Waals surface area contributed by atoms with Gasteiger partial charge in [-0.1, -0.05) is 12.1 Å². The van der Waals surface area contributed by atoms with Crippen molar-refractivity contribution in [3.63, 3.8) is 0 Å². The maximum absolute atomic E-state index is 12.2. The van der Waals surface area contributed by atoms with Crippen molar-refractivity contribution in [1.29, 1.82) is 0 Å². The molecule has 1 aliphatic heterocycles. The fourth-order valence-electron chi connectivity index (χ4n) is 2.34. The predicted octanol–water partition coefficient (Wildman–Crippen LogP) is 0.966. The summed E-state index contributed by atoms with van der Waals surface area (Å²) in [6.07, 6.45) is 0.781. The van der Waals surface area contributed by atoms with Crippen molar-refractivity contribution in [2.75, 3.05) is 13.1 Å². The molecular weight excluding hydrogens is 244 g/mol. The molecule has 5 nitrogen and oxygen atoms in total. The number of amides is 1. The molecule has 0 unspecified atom stereocenters. The maximum Gasteiger partial charge on any atom is 0.289 e. The molecule has 5 heteroatoms. The maximum atomic E-state index is 12.2. The number of para-hydroxylation sites is 1. The smallest absolute Gasteiger partial charge is 0.289 e. The molecule has 0 aliphatic carbocycles. The molecule has 0 radical (unpaired) electrons. The minimum Gasteiger partial charge on any atom is -0.451 e. The zero-order valence-electron chi connectivity index (χ0n) is 10.3. The number of hydrogen-bond donors (Lipinski definition) is 1. The highest BCUT2D eigenvalue weighted by molar-refractivity contribution is 5.93. The van der Waals surface area contributed by atoms with Crippen molar-refractivity contribution in [3.8, 4) is 0 Å². The third kappa shape index (κ3) is 2.13. The third-order valence-corrected chi connectivity index (χ3v) is 3.36. The molecule has 98 valence electrons. The molecule has 0 saturated carbocycles. The fourth-order valence-corrected chi connectivity index (χ4v) is 2.34. The van der Waals surface area contributed by atoms with E-state index in [1.165, 1.54) is 6.07 Å². The van der Waals surface area contributed by atoms with E-state index in [9.17, 15) is 9.59 Å². The lowest BCUT2D eigenvalue weighted by Crippen LogP contribution is -2.32. The summed E-state index contributed by atoms with van der Waals surface area (Å²) in [4.78, 5) is 25.8. The van der Waals surface area contributed by atoms with E-state index in [0.29, 0.717) is 24.1 Å². The van der Waals surface area contributed by atoms with Gasteiger partial charge in [0.25, 0.3) is 5.91 Å². The van der Waals surface area contributed by atoms with Crippen LogP contribution < -0.4 is 11.2 Å². The quantitative estimate of drug-likeness (QED) is 0.826. The third-order valence-electron chi connectivity index (χ3n) is 3.36. The van der Waals surface area contributed by atoms with Gasteiger partial charge in [0.15, 0.2) is 11.2 Å². The molecule has 1 aromatic heterocycles. The molecule has 2 heterocycles. The zero-order valence-corrected chi connectivity index (χ0v) is 10.3. The molecule has 1 amide bonds. The first-order valence-electron chi connectivity index (χ1n) is 6.23. The number of likely N-dealkylation sites (tertiary alicyclic amines) is 1. The van der Waals surface area contributed by atoms with Gasteiger partial charge in [-0.2, -0.15) is 0 Å². The lowest BCUT2D eigenvalue weighted by atomic mass is 10.2. The van der Waals surface area contributed by atoms with Gasteiger partial charge in [-0.25, -0.2) is 0 Å². The number of carbonyl (C=O) groups excluding carboxylic acids is 1. The Labute approximate surface area is 109 Å². The van der Waals surface area contributed by atoms with Crippen molar-refractivity contribution in [2.45, 2.75) is 12.5 Å². The molecule has 3 rings (SSSR count). The summed E-state index contributed by atoms with van der Waals surface area (Å²) in [5.74, 6) is -0.186. The summed E-state index contributed by atoms with van der Waals surface area (Å²) < 4.78 is 5.52. The Morgan fingerprint density at radius 2 is 2.16 bits per heavy atom. The average molecular weight is 258 g/mol. The fraction of sp³-hybridized carbons (Fsp3) is 0.286. The minimum atomic E-state index is -0.268. The van der Waals surface area contributed by atoms with Gasteiger partial charge < -0.3 is 15.1 Å². The number of nitrogens with zero attached hydrogens (tertiary/aromatic N) is 1. The van der Waals surface area contributed by atoms with Gasteiger partial charge in [-0.3, -0.25) is 9.59 Å². The Balaban J connectivity index is 2.01. The van der Waals surface area contributed by atoms with Crippen LogP contribution in [0.2, 0.25) is 0 Å². The Bertz CT molecular complexity index is 692. The second kappa shape index (κ2) is 4.51. The molecule has 1 aromatic carbocycles. The largest absolute Gasteiger partial charge is 0.451 e. The number of fused-ring (bicyclic) bond motifs is 1. The SMILES string of the molecule is N[C@@H]1CCN(C(=O)c2cc(=O)c3ccccc3o2)C1. The average Bonchev–Trinajstić information content (AvgIpc) is 2.84. The Hall–Kier alpha value is -2.14. The highest BCUT2D eigenvalue weighted by atomic mass is 16.3. The van der Waals surface area contributed by atoms with E-state index < -0.39 is 0 Å². The van der Waals surface area contributed by atoms with Gasteiger partial charge in [0.2, 0.25) is 0 Å². The molecule has 1 fully saturated rings. The molecule has 1 aliphatic rings. The first kappa shape index (κ1) is 11.9. The van der Waals surface area contributed by atoms with Crippen LogP contribution in [-0.4, -0.2) is 29.9 Å². The summed E-state index contributed by atoms with van der Waals surface area (Å²) in [5, 5.41) is 0.483. The summed E-state index contributed by atoms with van der Waals surface area (Å²) in [7, 11) is 0. The van der Waals surface area contributed by atoms with E-state index in [0.717, 1.165) is 6.42 Å². The molecule has 0 spiro atoms. The Morgan fingerprint density at radius 3 is 2.89 bits per heavy atom. The highest BCUT2D eigenvalue weighted by Gasteiger charge is 2.26. The van der Waals surface area contributed by atoms with Crippen LogP contribution in [0.3, 0.4) is 0 Å². The molecule has 1 atom stereocenters. The Kier molecular flexibility index (Phi) is 2.83. The molecule has 19 heavy (non-hydrogen) atoms. The number of hydrogen-bond acceptors (Lipinski definition) is 4. The lowest BCUT2D eigenvalue weighted by Gasteiger charge is -2.14. The van der Waals surface area contributed by atoms with Crippen LogP contribution >= 0.6 is 0 Å². The summed E-state index contributed by atoms with van der Waals surface area (Å²) in [5.41, 5.74) is 6.01. The molecule has 1 saturated heterocycles. The summed E-state index contributed by atoms with van der Waals surface area (Å²) >= 11 is 0. The van der Waals surface area contributed by atoms with Crippen molar-refractivity contribution < 1.29 is 9.21 Å². The van der Waals surface area contributed by atoms with Gasteiger partial charge in [0.1, 0.15) is 5.58 Å². The van der Waals surface area contributed by atoms with E-state index in [1.54, 1.807) is 29.2 Å². The van der Waals surface area contributed by atoms with Crippen LogP contribution in [0.5, 0.6) is 0 Å². The summed E-state index contributed by atoms with van der Waals surface area (Å²) in [6.45, 7) is 1.12. The predicted molar refractivity (Wildman–Crippen MR) is 71.0 cm³/mol. The van der Waals surface area contributed by atoms with Crippen molar-refractivity contribution in [1.82, 2.24) is 4.90 Å². The molecule has 0 bridgehead atoms. The van der Waals surface area contributed by atoms with Crippen LogP contribution in [0.4, 0.5) is 0 Å².